The van der Waals surface area contributed by atoms with E-state index in [1.54, 1.807) is 45.0 Å². The Hall–Kier alpha value is -4.55. The fourth-order valence-electron chi connectivity index (χ4n) is 4.09. The van der Waals surface area contributed by atoms with Crippen molar-refractivity contribution in [2.45, 2.75) is 83.5 Å². The Morgan fingerprint density at radius 1 is 0.867 bits per heavy atom. The zero-order valence-corrected chi connectivity index (χ0v) is 27.2. The second kappa shape index (κ2) is 19.7. The predicted molar refractivity (Wildman–Crippen MR) is 169 cm³/mol. The number of hydrogen-bond acceptors (Lipinski definition) is 9. The van der Waals surface area contributed by atoms with Crippen LogP contribution in [0.4, 0.5) is 9.59 Å². The van der Waals surface area contributed by atoms with Gasteiger partial charge in [-0.2, -0.15) is 0 Å². The van der Waals surface area contributed by atoms with Crippen LogP contribution in [0.15, 0.2) is 43.5 Å². The summed E-state index contributed by atoms with van der Waals surface area (Å²) in [6, 6.07) is 2.12. The van der Waals surface area contributed by atoms with Gasteiger partial charge in [0.15, 0.2) is 0 Å². The fourth-order valence-corrected chi connectivity index (χ4v) is 4.09. The van der Waals surface area contributed by atoms with Gasteiger partial charge >= 0.3 is 18.2 Å². The van der Waals surface area contributed by atoms with Gasteiger partial charge in [0.2, 0.25) is 11.8 Å². The summed E-state index contributed by atoms with van der Waals surface area (Å²) in [6.45, 7) is 15.0. The molecule has 4 N–H and O–H groups in total. The van der Waals surface area contributed by atoms with E-state index < -0.39 is 53.7 Å². The minimum Gasteiger partial charge on any atom is -0.490 e. The molecule has 0 radical (unpaired) electrons. The van der Waals surface area contributed by atoms with Crippen LogP contribution >= 0.6 is 0 Å². The number of ether oxygens (including phenoxy) is 4. The second-order valence-electron chi connectivity index (χ2n) is 11.2. The first-order chi connectivity index (χ1) is 21.2. The normalized spacial score (nSPS) is 12.8. The third kappa shape index (κ3) is 15.1. The summed E-state index contributed by atoms with van der Waals surface area (Å²) in [5, 5.41) is 10.5. The Labute approximate surface area is 265 Å². The standard InChI is InChI=1S/C32H48N4O9/c1-9-13-25(29(39)42-7)35-27(37)24(14-11-12-17-33-30(40)45-32(4,5)6)34-28(38)26(36-31(41)43-8)20-22-15-16-23(19-21(22)3)44-18-10-2/h9-10,15-16,19,24-26H,1-2,11-14,17-18,20H2,3-8H3,(H,33,40)(H,34,38)(H,35,37)(H,36,41)/t24-,25-,26-/m0/s1. The average Bonchev–Trinajstić information content (AvgIpc) is 2.98. The maximum Gasteiger partial charge on any atom is 0.407 e. The number of nitrogens with one attached hydrogen (secondary N) is 4. The van der Waals surface area contributed by atoms with E-state index in [4.69, 9.17) is 18.9 Å². The van der Waals surface area contributed by atoms with E-state index in [2.05, 4.69) is 34.4 Å². The molecule has 13 nitrogen and oxygen atoms in total. The first kappa shape index (κ1) is 38.5. The van der Waals surface area contributed by atoms with Crippen LogP contribution in [0.3, 0.4) is 0 Å². The quantitative estimate of drug-likeness (QED) is 0.0821. The number of rotatable bonds is 18. The third-order valence-corrected chi connectivity index (χ3v) is 6.33. The summed E-state index contributed by atoms with van der Waals surface area (Å²) >= 11 is 0. The highest BCUT2D eigenvalue weighted by molar-refractivity contribution is 5.93. The van der Waals surface area contributed by atoms with Crippen molar-refractivity contribution in [1.82, 2.24) is 21.3 Å². The molecular weight excluding hydrogens is 584 g/mol. The highest BCUT2D eigenvalue weighted by Crippen LogP contribution is 2.19. The van der Waals surface area contributed by atoms with Crippen molar-refractivity contribution < 1.29 is 42.9 Å². The highest BCUT2D eigenvalue weighted by atomic mass is 16.6. The van der Waals surface area contributed by atoms with Crippen LogP contribution in [-0.2, 0) is 35.0 Å². The number of carbonyl (C=O) groups excluding carboxylic acids is 5. The molecule has 0 spiro atoms. The zero-order chi connectivity index (χ0) is 34.0. The van der Waals surface area contributed by atoms with Crippen molar-refractivity contribution in [3.05, 3.63) is 54.6 Å². The zero-order valence-electron chi connectivity index (χ0n) is 27.2. The predicted octanol–water partition coefficient (Wildman–Crippen LogP) is 3.24. The lowest BCUT2D eigenvalue weighted by atomic mass is 9.99. The van der Waals surface area contributed by atoms with Gasteiger partial charge in [-0.1, -0.05) is 24.8 Å². The molecule has 45 heavy (non-hydrogen) atoms. The lowest BCUT2D eigenvalue weighted by molar-refractivity contribution is -0.145. The molecule has 0 heterocycles. The molecule has 0 fully saturated rings. The Bertz CT molecular complexity index is 1180. The van der Waals surface area contributed by atoms with Gasteiger partial charge in [-0.05, 0) is 76.6 Å². The van der Waals surface area contributed by atoms with Crippen molar-refractivity contribution in [2.75, 3.05) is 27.4 Å². The fraction of sp³-hybridized carbons (Fsp3) is 0.531. The molecule has 0 bridgehead atoms. The third-order valence-electron chi connectivity index (χ3n) is 6.33. The molecule has 0 aliphatic heterocycles. The Morgan fingerprint density at radius 3 is 2.11 bits per heavy atom. The maximum absolute atomic E-state index is 13.6. The number of hydrogen-bond donors (Lipinski definition) is 4. The lowest BCUT2D eigenvalue weighted by Gasteiger charge is -2.25. The molecule has 0 aliphatic rings. The van der Waals surface area contributed by atoms with Gasteiger partial charge in [0.25, 0.3) is 0 Å². The average molecular weight is 633 g/mol. The van der Waals surface area contributed by atoms with E-state index in [1.807, 2.05) is 6.92 Å². The number of aryl methyl sites for hydroxylation is 1. The number of carbonyl (C=O) groups is 5. The molecule has 0 saturated heterocycles. The molecule has 0 unspecified atom stereocenters. The molecule has 1 rings (SSSR count). The highest BCUT2D eigenvalue weighted by Gasteiger charge is 2.30. The summed E-state index contributed by atoms with van der Waals surface area (Å²) in [6.07, 6.45) is 2.93. The monoisotopic (exact) mass is 632 g/mol. The minimum atomic E-state index is -1.11. The van der Waals surface area contributed by atoms with Gasteiger partial charge < -0.3 is 40.2 Å². The Morgan fingerprint density at radius 2 is 1.53 bits per heavy atom. The molecule has 0 aliphatic carbocycles. The van der Waals surface area contributed by atoms with Gasteiger partial charge in [-0.15, -0.1) is 6.58 Å². The smallest absolute Gasteiger partial charge is 0.407 e. The Balaban J connectivity index is 3.13. The van der Waals surface area contributed by atoms with Crippen molar-refractivity contribution in [3.8, 4) is 5.75 Å². The van der Waals surface area contributed by atoms with Gasteiger partial charge in [-0.3, -0.25) is 9.59 Å². The first-order valence-corrected chi connectivity index (χ1v) is 14.7. The van der Waals surface area contributed by atoms with Crippen molar-refractivity contribution >= 4 is 30.0 Å². The Kier molecular flexibility index (Phi) is 16.8. The summed E-state index contributed by atoms with van der Waals surface area (Å²) in [7, 11) is 2.38. The van der Waals surface area contributed by atoms with Crippen molar-refractivity contribution in [1.29, 1.82) is 0 Å². The first-order valence-electron chi connectivity index (χ1n) is 14.7. The van der Waals surface area contributed by atoms with Gasteiger partial charge in [0, 0.05) is 13.0 Å². The number of methoxy groups -OCH3 is 2. The van der Waals surface area contributed by atoms with Crippen molar-refractivity contribution in [3.63, 3.8) is 0 Å². The molecule has 0 saturated carbocycles. The molecule has 0 aromatic heterocycles. The van der Waals surface area contributed by atoms with Crippen LogP contribution < -0.4 is 26.0 Å². The number of amides is 4. The van der Waals surface area contributed by atoms with Crippen LogP contribution in [0.1, 0.15) is 57.6 Å². The molecular formula is C32H48N4O9. The number of benzene rings is 1. The second-order valence-corrected chi connectivity index (χ2v) is 11.2. The topological polar surface area (TPSA) is 170 Å². The van der Waals surface area contributed by atoms with Crippen LogP contribution in [0.2, 0.25) is 0 Å². The van der Waals surface area contributed by atoms with Crippen LogP contribution in [0.25, 0.3) is 0 Å². The number of alkyl carbamates (subject to hydrolysis) is 2. The van der Waals surface area contributed by atoms with Crippen molar-refractivity contribution in [2.24, 2.45) is 0 Å². The lowest BCUT2D eigenvalue weighted by Crippen LogP contribution is -2.56. The SMILES string of the molecule is C=CCOc1ccc(C[C@H](NC(=O)OC)C(=O)N[C@@H](CCCCNC(=O)OC(C)(C)C)C(=O)N[C@@H](CC=C)C(=O)OC)c(C)c1. The van der Waals surface area contributed by atoms with E-state index in [1.165, 1.54) is 20.3 Å². The molecule has 3 atom stereocenters. The van der Waals surface area contributed by atoms with E-state index in [9.17, 15) is 24.0 Å². The van der Waals surface area contributed by atoms with Gasteiger partial charge in [-0.25, -0.2) is 14.4 Å². The summed E-state index contributed by atoms with van der Waals surface area (Å²) in [5.74, 6) is -1.32. The number of unbranched alkanes of at least 4 members (excludes halogenated alkanes) is 1. The summed E-state index contributed by atoms with van der Waals surface area (Å²) in [4.78, 5) is 63.3. The maximum atomic E-state index is 13.6. The number of esters is 1. The van der Waals surface area contributed by atoms with E-state index in [-0.39, 0.29) is 25.8 Å². The van der Waals surface area contributed by atoms with Gasteiger partial charge in [0.1, 0.15) is 36.1 Å². The van der Waals surface area contributed by atoms with Gasteiger partial charge in [0.05, 0.1) is 14.2 Å². The van der Waals surface area contributed by atoms with Crippen LogP contribution in [-0.4, -0.2) is 81.1 Å². The van der Waals surface area contributed by atoms with E-state index >= 15 is 0 Å². The molecule has 4 amide bonds. The molecule has 1 aromatic carbocycles. The summed E-state index contributed by atoms with van der Waals surface area (Å²) < 4.78 is 20.3. The molecule has 250 valence electrons. The van der Waals surface area contributed by atoms with E-state index in [0.29, 0.717) is 25.2 Å². The van der Waals surface area contributed by atoms with E-state index in [0.717, 1.165) is 11.1 Å². The summed E-state index contributed by atoms with van der Waals surface area (Å²) in [5.41, 5.74) is 0.926. The molecule has 1 aromatic rings. The van der Waals surface area contributed by atoms with Crippen LogP contribution in [0.5, 0.6) is 5.75 Å². The molecule has 13 heteroatoms. The minimum absolute atomic E-state index is 0.0872. The van der Waals surface area contributed by atoms with Crippen LogP contribution in [0, 0.1) is 6.92 Å². The largest absolute Gasteiger partial charge is 0.490 e.